The van der Waals surface area contributed by atoms with E-state index in [0.29, 0.717) is 31.6 Å². The Kier molecular flexibility index (Phi) is 7.62. The number of aromatic nitrogens is 2. The largest absolute Gasteiger partial charge is 0.364 e. The number of primary amides is 1. The second kappa shape index (κ2) is 11.5. The van der Waals surface area contributed by atoms with Gasteiger partial charge >= 0.3 is 0 Å². The van der Waals surface area contributed by atoms with Gasteiger partial charge in [0.05, 0.1) is 23.7 Å². The van der Waals surface area contributed by atoms with Crippen LogP contribution in [0, 0.1) is 5.41 Å². The zero-order valence-corrected chi connectivity index (χ0v) is 24.3. The van der Waals surface area contributed by atoms with E-state index >= 15 is 0 Å². The lowest BCUT2D eigenvalue weighted by molar-refractivity contribution is -0.143. The highest BCUT2D eigenvalue weighted by Crippen LogP contribution is 2.49. The SMILES string of the molecule is C=N/C=C\C1=C(C)N(Cc2ncc3ccccc3c2-c2ccc(C(N)=O)nc2)C(=O)C12CCN(C(=O)[C@H]1CCCN1)CC2. The molecule has 3 aliphatic heterocycles. The summed E-state index contributed by atoms with van der Waals surface area (Å²) in [6.45, 7) is 7.69. The summed E-state index contributed by atoms with van der Waals surface area (Å²) in [4.78, 5) is 56.0. The van der Waals surface area contributed by atoms with Crippen molar-refractivity contribution in [2.75, 3.05) is 19.6 Å². The van der Waals surface area contributed by atoms with Crippen LogP contribution in [0.15, 0.2) is 77.3 Å². The number of allylic oxidation sites excluding steroid dienone is 2. The molecule has 3 aliphatic rings. The molecule has 1 aromatic carbocycles. The van der Waals surface area contributed by atoms with Gasteiger partial charge in [0, 0.05) is 53.9 Å². The minimum atomic E-state index is -0.757. The smallest absolute Gasteiger partial charge is 0.267 e. The second-order valence-electron chi connectivity index (χ2n) is 11.4. The van der Waals surface area contributed by atoms with Crippen molar-refractivity contribution >= 4 is 35.2 Å². The number of nitrogens with zero attached hydrogens (tertiary/aromatic N) is 5. The van der Waals surface area contributed by atoms with Crippen LogP contribution in [0.2, 0.25) is 0 Å². The van der Waals surface area contributed by atoms with Gasteiger partial charge in [0.25, 0.3) is 5.91 Å². The van der Waals surface area contributed by atoms with E-state index in [1.54, 1.807) is 18.5 Å². The molecule has 220 valence electrons. The minimum absolute atomic E-state index is 0.00270. The number of nitrogens with one attached hydrogen (secondary N) is 1. The van der Waals surface area contributed by atoms with Crippen LogP contribution in [-0.4, -0.2) is 69.9 Å². The first kappa shape index (κ1) is 28.4. The number of rotatable bonds is 7. The van der Waals surface area contributed by atoms with E-state index in [-0.39, 0.29) is 30.1 Å². The van der Waals surface area contributed by atoms with Gasteiger partial charge in [-0.2, -0.15) is 0 Å². The molecule has 5 heterocycles. The maximum Gasteiger partial charge on any atom is 0.267 e. The molecule has 1 atom stereocenters. The molecule has 10 nitrogen and oxygen atoms in total. The lowest BCUT2D eigenvalue weighted by Crippen LogP contribution is -2.51. The number of nitrogens with two attached hydrogens (primary N) is 1. The third kappa shape index (κ3) is 5.01. The van der Waals surface area contributed by atoms with Gasteiger partial charge in [-0.15, -0.1) is 0 Å². The molecular formula is C33H35N7O3. The summed E-state index contributed by atoms with van der Waals surface area (Å²) in [5.41, 5.74) is 8.92. The molecule has 0 saturated carbocycles. The highest BCUT2D eigenvalue weighted by Gasteiger charge is 2.52. The molecule has 0 radical (unpaired) electrons. The summed E-state index contributed by atoms with van der Waals surface area (Å²) in [7, 11) is 0. The number of amides is 3. The van der Waals surface area contributed by atoms with Gasteiger partial charge in [0.15, 0.2) is 0 Å². The summed E-state index contributed by atoms with van der Waals surface area (Å²) in [5.74, 6) is -0.470. The lowest BCUT2D eigenvalue weighted by Gasteiger charge is -2.40. The van der Waals surface area contributed by atoms with Crippen molar-refractivity contribution in [3.63, 3.8) is 0 Å². The van der Waals surface area contributed by atoms with Gasteiger partial charge in [-0.05, 0) is 69.0 Å². The van der Waals surface area contributed by atoms with E-state index in [1.807, 2.05) is 59.3 Å². The molecule has 6 rings (SSSR count). The molecule has 1 spiro atoms. The van der Waals surface area contributed by atoms with Gasteiger partial charge in [-0.3, -0.25) is 29.3 Å². The highest BCUT2D eigenvalue weighted by atomic mass is 16.2. The van der Waals surface area contributed by atoms with Gasteiger partial charge in [0.2, 0.25) is 11.8 Å². The molecule has 3 N–H and O–H groups in total. The van der Waals surface area contributed by atoms with Gasteiger partial charge in [-0.25, -0.2) is 0 Å². The normalized spacial score (nSPS) is 20.1. The summed E-state index contributed by atoms with van der Waals surface area (Å²) < 4.78 is 0. The number of hydrogen-bond acceptors (Lipinski definition) is 7. The van der Waals surface area contributed by atoms with E-state index in [1.165, 1.54) is 0 Å². The Hall–Kier alpha value is -4.70. The summed E-state index contributed by atoms with van der Waals surface area (Å²) in [6.07, 6.45) is 9.88. The zero-order valence-electron chi connectivity index (χ0n) is 24.3. The van der Waals surface area contributed by atoms with E-state index in [9.17, 15) is 14.4 Å². The maximum atomic E-state index is 14.4. The van der Waals surface area contributed by atoms with E-state index in [4.69, 9.17) is 10.7 Å². The summed E-state index contributed by atoms with van der Waals surface area (Å²) in [5, 5.41) is 5.22. The summed E-state index contributed by atoms with van der Waals surface area (Å²) >= 11 is 0. The average Bonchev–Trinajstić information content (AvgIpc) is 3.63. The fourth-order valence-corrected chi connectivity index (χ4v) is 6.81. The molecule has 3 amide bonds. The molecule has 0 unspecified atom stereocenters. The third-order valence-corrected chi connectivity index (χ3v) is 9.09. The van der Waals surface area contributed by atoms with E-state index in [2.05, 4.69) is 22.0 Å². The average molecular weight is 578 g/mol. The highest BCUT2D eigenvalue weighted by molar-refractivity contribution is 5.98. The predicted molar refractivity (Wildman–Crippen MR) is 165 cm³/mol. The van der Waals surface area contributed by atoms with Crippen molar-refractivity contribution in [1.29, 1.82) is 0 Å². The Balaban J connectivity index is 1.35. The standard InChI is InChI=1S/C33H35N7O3/c1-21-25(11-15-35-2)33(12-16-39(17-13-33)31(42)27-8-5-14-36-27)32(43)40(21)20-28-29(23-9-10-26(30(34)41)37-19-23)24-7-4-3-6-22(24)18-38-28/h3-4,6-7,9-11,15,18-19,27,36H,2,5,8,12-14,16-17,20H2,1H3,(H2,34,41)/b15-11-/t27-/m1/s1. The second-order valence-corrected chi connectivity index (χ2v) is 11.4. The van der Waals surface area contributed by atoms with Crippen LogP contribution in [0.4, 0.5) is 0 Å². The van der Waals surface area contributed by atoms with Crippen LogP contribution in [-0.2, 0) is 16.1 Å². The maximum absolute atomic E-state index is 14.4. The number of benzene rings is 1. The van der Waals surface area contributed by atoms with E-state index in [0.717, 1.165) is 52.6 Å². The first-order valence-corrected chi connectivity index (χ1v) is 14.6. The molecule has 0 aliphatic carbocycles. The van der Waals surface area contributed by atoms with Gasteiger partial charge < -0.3 is 20.9 Å². The Labute approximate surface area is 250 Å². The third-order valence-electron chi connectivity index (χ3n) is 9.09. The molecule has 2 aromatic heterocycles. The van der Waals surface area contributed by atoms with Gasteiger partial charge in [-0.1, -0.05) is 30.3 Å². The summed E-state index contributed by atoms with van der Waals surface area (Å²) in [6, 6.07) is 11.2. The predicted octanol–water partition coefficient (Wildman–Crippen LogP) is 3.59. The molecule has 3 aromatic rings. The first-order chi connectivity index (χ1) is 20.8. The number of hydrogen-bond donors (Lipinski definition) is 2. The van der Waals surface area contributed by atoms with Crippen molar-refractivity contribution in [3.8, 4) is 11.1 Å². The first-order valence-electron chi connectivity index (χ1n) is 14.6. The van der Waals surface area contributed by atoms with Crippen molar-refractivity contribution in [3.05, 3.63) is 83.7 Å². The minimum Gasteiger partial charge on any atom is -0.364 e. The monoisotopic (exact) mass is 577 g/mol. The fraction of sp³-hybridized carbons (Fsp3) is 0.333. The van der Waals surface area contributed by atoms with Crippen molar-refractivity contribution in [2.24, 2.45) is 16.1 Å². The van der Waals surface area contributed by atoms with E-state index < -0.39 is 11.3 Å². The van der Waals surface area contributed by atoms with Crippen molar-refractivity contribution < 1.29 is 14.4 Å². The van der Waals surface area contributed by atoms with Crippen LogP contribution >= 0.6 is 0 Å². The quantitative estimate of drug-likeness (QED) is 0.413. The number of carbonyl (C=O) groups excluding carboxylic acids is 3. The van der Waals surface area contributed by atoms with Crippen LogP contribution in [0.1, 0.15) is 48.8 Å². The number of carbonyl (C=O) groups is 3. The Bertz CT molecular complexity index is 1660. The zero-order chi connectivity index (χ0) is 30.1. The van der Waals surface area contributed by atoms with Crippen LogP contribution in [0.25, 0.3) is 21.9 Å². The van der Waals surface area contributed by atoms with Crippen LogP contribution in [0.5, 0.6) is 0 Å². The van der Waals surface area contributed by atoms with Crippen LogP contribution < -0.4 is 11.1 Å². The molecule has 2 fully saturated rings. The number of likely N-dealkylation sites (tertiary alicyclic amines) is 1. The molecule has 10 heteroatoms. The molecule has 2 saturated heterocycles. The molecular weight excluding hydrogens is 542 g/mol. The lowest BCUT2D eigenvalue weighted by atomic mass is 9.72. The van der Waals surface area contributed by atoms with Crippen molar-refractivity contribution in [1.82, 2.24) is 25.1 Å². The number of piperidine rings is 1. The van der Waals surface area contributed by atoms with Crippen molar-refractivity contribution in [2.45, 2.75) is 45.2 Å². The van der Waals surface area contributed by atoms with Gasteiger partial charge in [0.1, 0.15) is 5.69 Å². The Morgan fingerprint density at radius 3 is 2.63 bits per heavy atom. The number of aliphatic imine (C=N–C) groups is 1. The fourth-order valence-electron chi connectivity index (χ4n) is 6.81. The molecule has 43 heavy (non-hydrogen) atoms. The number of pyridine rings is 2. The van der Waals surface area contributed by atoms with Crippen LogP contribution in [0.3, 0.4) is 0 Å². The molecule has 0 bridgehead atoms. The Morgan fingerprint density at radius 1 is 1.16 bits per heavy atom. The topological polar surface area (TPSA) is 134 Å². The number of fused-ring (bicyclic) bond motifs is 1. The Morgan fingerprint density at radius 2 is 1.95 bits per heavy atom.